The average Bonchev–Trinajstić information content (AvgIpc) is 2.46. The number of rotatable bonds is 4. The Kier molecular flexibility index (Phi) is 4.99. The number of halogens is 3. The van der Waals surface area contributed by atoms with Gasteiger partial charge in [-0.15, -0.1) is 0 Å². The summed E-state index contributed by atoms with van der Waals surface area (Å²) in [5.41, 5.74) is 0.358. The van der Waals surface area contributed by atoms with E-state index in [0.717, 1.165) is 24.3 Å². The summed E-state index contributed by atoms with van der Waals surface area (Å²) in [6.45, 7) is 0.195. The van der Waals surface area contributed by atoms with Crippen molar-refractivity contribution in [1.29, 1.82) is 0 Å². The van der Waals surface area contributed by atoms with Gasteiger partial charge in [0.15, 0.2) is 0 Å². The first-order valence-electron chi connectivity index (χ1n) is 6.59. The summed E-state index contributed by atoms with van der Waals surface area (Å²) in [6, 6.07) is 9.35. The van der Waals surface area contributed by atoms with Crippen molar-refractivity contribution < 1.29 is 18.0 Å². The van der Waals surface area contributed by atoms with E-state index in [9.17, 15) is 18.0 Å². The van der Waals surface area contributed by atoms with Gasteiger partial charge in [0, 0.05) is 25.2 Å². The van der Waals surface area contributed by atoms with Crippen LogP contribution in [0.2, 0.25) is 0 Å². The maximum absolute atomic E-state index is 13.4. The second kappa shape index (κ2) is 6.93. The first kappa shape index (κ1) is 15.8. The molecule has 0 fully saturated rings. The second-order valence-corrected chi connectivity index (χ2v) is 4.79. The van der Waals surface area contributed by atoms with E-state index in [0.29, 0.717) is 5.56 Å². The summed E-state index contributed by atoms with van der Waals surface area (Å²) in [6.07, 6.45) is 2.18. The molecule has 0 aromatic heterocycles. The Morgan fingerprint density at radius 3 is 2.36 bits per heavy atom. The van der Waals surface area contributed by atoms with Crippen molar-refractivity contribution in [2.45, 2.75) is 6.54 Å². The Hall–Kier alpha value is -2.56. The maximum Gasteiger partial charge on any atom is 0.246 e. The molecular formula is C17H14F3NO. The van der Waals surface area contributed by atoms with Crippen molar-refractivity contribution in [3.8, 4) is 0 Å². The Balaban J connectivity index is 2.07. The van der Waals surface area contributed by atoms with Gasteiger partial charge in [0.05, 0.1) is 0 Å². The number of hydrogen-bond acceptors (Lipinski definition) is 1. The fourth-order valence-electron chi connectivity index (χ4n) is 1.94. The zero-order valence-electron chi connectivity index (χ0n) is 11.9. The van der Waals surface area contributed by atoms with Gasteiger partial charge in [-0.25, -0.2) is 13.2 Å². The minimum absolute atomic E-state index is 0.195. The summed E-state index contributed by atoms with van der Waals surface area (Å²) in [7, 11) is 1.52. The zero-order chi connectivity index (χ0) is 16.1. The normalized spacial score (nSPS) is 10.9. The van der Waals surface area contributed by atoms with Gasteiger partial charge in [-0.2, -0.15) is 0 Å². The number of carbonyl (C=O) groups is 1. The van der Waals surface area contributed by atoms with Crippen LogP contribution in [0.15, 0.2) is 48.5 Å². The van der Waals surface area contributed by atoms with Gasteiger partial charge in [0.2, 0.25) is 5.91 Å². The van der Waals surface area contributed by atoms with Gasteiger partial charge >= 0.3 is 0 Å². The van der Waals surface area contributed by atoms with Crippen molar-refractivity contribution in [2.24, 2.45) is 0 Å². The molecular weight excluding hydrogens is 291 g/mol. The number of benzene rings is 2. The Labute approximate surface area is 126 Å². The van der Waals surface area contributed by atoms with E-state index in [4.69, 9.17) is 0 Å². The lowest BCUT2D eigenvalue weighted by Crippen LogP contribution is -2.24. The molecule has 2 nitrogen and oxygen atoms in total. The van der Waals surface area contributed by atoms with Gasteiger partial charge in [-0.1, -0.05) is 18.2 Å². The van der Waals surface area contributed by atoms with Crippen LogP contribution in [-0.4, -0.2) is 17.9 Å². The highest BCUT2D eigenvalue weighted by Gasteiger charge is 2.09. The minimum atomic E-state index is -0.739. The lowest BCUT2D eigenvalue weighted by atomic mass is 10.1. The summed E-state index contributed by atoms with van der Waals surface area (Å²) >= 11 is 0. The molecule has 0 saturated heterocycles. The van der Waals surface area contributed by atoms with E-state index in [1.807, 2.05) is 0 Å². The van der Waals surface area contributed by atoms with Crippen LogP contribution in [0.5, 0.6) is 0 Å². The molecule has 0 bridgehead atoms. The quantitative estimate of drug-likeness (QED) is 0.787. The molecule has 5 heteroatoms. The number of nitrogens with zero attached hydrogens (tertiary/aromatic N) is 1. The predicted octanol–water partition coefficient (Wildman–Crippen LogP) is 3.78. The van der Waals surface area contributed by atoms with Crippen LogP contribution in [0.1, 0.15) is 11.1 Å². The molecule has 22 heavy (non-hydrogen) atoms. The van der Waals surface area contributed by atoms with Crippen molar-refractivity contribution in [2.75, 3.05) is 7.05 Å². The zero-order valence-corrected chi connectivity index (χ0v) is 11.9. The molecule has 114 valence electrons. The average molecular weight is 305 g/mol. The standard InChI is InChI=1S/C17H14F3NO/c1-21(11-12-4-2-5-13(18)10-12)17(22)9-8-14-15(19)6-3-7-16(14)20/h2-10H,11H2,1H3/b9-8+. The number of hydrogen-bond donors (Lipinski definition) is 0. The highest BCUT2D eigenvalue weighted by atomic mass is 19.1. The highest BCUT2D eigenvalue weighted by Crippen LogP contribution is 2.14. The lowest BCUT2D eigenvalue weighted by Gasteiger charge is -2.15. The number of carbonyl (C=O) groups excluding carboxylic acids is 1. The molecule has 0 N–H and O–H groups in total. The second-order valence-electron chi connectivity index (χ2n) is 4.79. The fourth-order valence-corrected chi connectivity index (χ4v) is 1.94. The monoisotopic (exact) mass is 305 g/mol. The van der Waals surface area contributed by atoms with Crippen molar-refractivity contribution in [3.63, 3.8) is 0 Å². The molecule has 1 amide bonds. The van der Waals surface area contributed by atoms with Gasteiger partial charge in [-0.3, -0.25) is 4.79 Å². The van der Waals surface area contributed by atoms with Crippen LogP contribution in [0.3, 0.4) is 0 Å². The number of likely N-dealkylation sites (N-methyl/N-ethyl adjacent to an activating group) is 1. The van der Waals surface area contributed by atoms with E-state index < -0.39 is 17.5 Å². The highest BCUT2D eigenvalue weighted by molar-refractivity contribution is 5.91. The molecule has 0 spiro atoms. The van der Waals surface area contributed by atoms with Crippen molar-refractivity contribution in [1.82, 2.24) is 4.90 Å². The smallest absolute Gasteiger partial charge is 0.246 e. The lowest BCUT2D eigenvalue weighted by molar-refractivity contribution is -0.125. The van der Waals surface area contributed by atoms with Crippen molar-refractivity contribution in [3.05, 3.63) is 77.1 Å². The van der Waals surface area contributed by atoms with Crippen LogP contribution in [-0.2, 0) is 11.3 Å². The summed E-state index contributed by atoms with van der Waals surface area (Å²) in [5, 5.41) is 0. The minimum Gasteiger partial charge on any atom is -0.338 e. The molecule has 2 aromatic rings. The Morgan fingerprint density at radius 2 is 1.73 bits per heavy atom. The van der Waals surface area contributed by atoms with E-state index >= 15 is 0 Å². The maximum atomic E-state index is 13.4. The van der Waals surface area contributed by atoms with Gasteiger partial charge in [-0.05, 0) is 35.9 Å². The van der Waals surface area contributed by atoms with E-state index in [1.54, 1.807) is 12.1 Å². The van der Waals surface area contributed by atoms with Gasteiger partial charge < -0.3 is 4.90 Å². The summed E-state index contributed by atoms with van der Waals surface area (Å²) < 4.78 is 39.9. The Morgan fingerprint density at radius 1 is 1.09 bits per heavy atom. The van der Waals surface area contributed by atoms with E-state index in [2.05, 4.69) is 0 Å². The Bertz CT molecular complexity index is 693. The third-order valence-electron chi connectivity index (χ3n) is 3.08. The molecule has 0 aliphatic carbocycles. The third kappa shape index (κ3) is 3.97. The van der Waals surface area contributed by atoms with Crippen LogP contribution >= 0.6 is 0 Å². The van der Waals surface area contributed by atoms with Crippen LogP contribution in [0.4, 0.5) is 13.2 Å². The molecule has 0 aliphatic heterocycles. The molecule has 0 radical (unpaired) electrons. The molecule has 0 heterocycles. The molecule has 2 aromatic carbocycles. The topological polar surface area (TPSA) is 20.3 Å². The van der Waals surface area contributed by atoms with E-state index in [1.165, 1.54) is 30.1 Å². The number of amides is 1. The molecule has 0 atom stereocenters. The van der Waals surface area contributed by atoms with E-state index in [-0.39, 0.29) is 17.9 Å². The molecule has 0 aliphatic rings. The third-order valence-corrected chi connectivity index (χ3v) is 3.08. The first-order chi connectivity index (χ1) is 10.5. The largest absolute Gasteiger partial charge is 0.338 e. The fraction of sp³-hybridized carbons (Fsp3) is 0.118. The summed E-state index contributed by atoms with van der Waals surface area (Å²) in [4.78, 5) is 13.3. The predicted molar refractivity (Wildman–Crippen MR) is 78.3 cm³/mol. The molecule has 0 unspecified atom stereocenters. The molecule has 0 saturated carbocycles. The first-order valence-corrected chi connectivity index (χ1v) is 6.59. The van der Waals surface area contributed by atoms with Crippen LogP contribution < -0.4 is 0 Å². The SMILES string of the molecule is CN(Cc1cccc(F)c1)C(=O)/C=C/c1c(F)cccc1F. The van der Waals surface area contributed by atoms with Crippen LogP contribution in [0, 0.1) is 17.5 Å². The van der Waals surface area contributed by atoms with Crippen molar-refractivity contribution >= 4 is 12.0 Å². The van der Waals surface area contributed by atoms with Gasteiger partial charge in [0.1, 0.15) is 17.5 Å². The summed E-state index contributed by atoms with van der Waals surface area (Å²) in [5.74, 6) is -2.30. The van der Waals surface area contributed by atoms with Crippen LogP contribution in [0.25, 0.3) is 6.08 Å². The van der Waals surface area contributed by atoms with Gasteiger partial charge in [0.25, 0.3) is 0 Å². The molecule has 2 rings (SSSR count).